The third-order valence-electron chi connectivity index (χ3n) is 3.02. The number of rotatable bonds is 4. The molecule has 0 saturated carbocycles. The maximum atomic E-state index is 11.1. The van der Waals surface area contributed by atoms with E-state index in [9.17, 15) is 9.90 Å². The van der Waals surface area contributed by atoms with Gasteiger partial charge in [-0.3, -0.25) is 4.79 Å². The average Bonchev–Trinajstić information content (AvgIpc) is 2.18. The van der Waals surface area contributed by atoms with Gasteiger partial charge >= 0.3 is 5.97 Å². The Labute approximate surface area is 95.7 Å². The van der Waals surface area contributed by atoms with E-state index in [4.69, 9.17) is 5.11 Å². The first-order valence-electron chi connectivity index (χ1n) is 5.42. The molecule has 0 fully saturated rings. The Hall–Kier alpha value is -1.35. The zero-order valence-electron chi connectivity index (χ0n) is 9.90. The molecule has 2 N–H and O–H groups in total. The third kappa shape index (κ3) is 2.42. The van der Waals surface area contributed by atoms with Crippen molar-refractivity contribution in [2.45, 2.75) is 32.8 Å². The summed E-state index contributed by atoms with van der Waals surface area (Å²) in [4.78, 5) is 11.1. The van der Waals surface area contributed by atoms with Gasteiger partial charge in [0.15, 0.2) is 0 Å². The molecule has 3 nitrogen and oxygen atoms in total. The molecule has 0 aliphatic heterocycles. The first-order chi connectivity index (χ1) is 7.39. The topological polar surface area (TPSA) is 57.5 Å². The molecule has 0 heterocycles. The highest BCUT2D eigenvalue weighted by atomic mass is 16.4. The minimum Gasteiger partial charge on any atom is -0.481 e. The van der Waals surface area contributed by atoms with Crippen LogP contribution in [0.25, 0.3) is 0 Å². The van der Waals surface area contributed by atoms with E-state index >= 15 is 0 Å². The highest BCUT2D eigenvalue weighted by molar-refractivity contribution is 5.71. The number of hydrogen-bond donors (Lipinski definition) is 2. The monoisotopic (exact) mass is 222 g/mol. The van der Waals surface area contributed by atoms with Crippen LogP contribution < -0.4 is 0 Å². The molecule has 0 aliphatic rings. The van der Waals surface area contributed by atoms with Crippen molar-refractivity contribution in [3.05, 3.63) is 35.4 Å². The van der Waals surface area contributed by atoms with Crippen LogP contribution in [-0.4, -0.2) is 16.2 Å². The Balaban J connectivity index is 3.08. The summed E-state index contributed by atoms with van der Waals surface area (Å²) in [5.41, 5.74) is 0.407. The minimum atomic E-state index is -1.33. The van der Waals surface area contributed by atoms with Crippen LogP contribution in [0.3, 0.4) is 0 Å². The van der Waals surface area contributed by atoms with E-state index in [1.54, 1.807) is 26.0 Å². The molecule has 0 aromatic heterocycles. The molecule has 0 aliphatic carbocycles. The van der Waals surface area contributed by atoms with Crippen LogP contribution in [0.15, 0.2) is 24.3 Å². The summed E-state index contributed by atoms with van der Waals surface area (Å²) in [6, 6.07) is 7.30. The predicted molar refractivity (Wildman–Crippen MR) is 62.2 cm³/mol. The Kier molecular flexibility index (Phi) is 3.70. The maximum Gasteiger partial charge on any atom is 0.309 e. The normalized spacial score (nSPS) is 16.5. The standard InChI is InChI=1S/C13H18O3/c1-4-11(12(14)15)13(3,16)10-7-5-9(2)6-8-10/h5-8,11,16H,4H2,1-3H3,(H,14,15). The van der Waals surface area contributed by atoms with Gasteiger partial charge in [-0.1, -0.05) is 36.8 Å². The number of carboxylic acids is 1. The summed E-state index contributed by atoms with van der Waals surface area (Å²) in [5, 5.41) is 19.4. The lowest BCUT2D eigenvalue weighted by Crippen LogP contribution is -2.36. The van der Waals surface area contributed by atoms with E-state index in [0.717, 1.165) is 5.56 Å². The lowest BCUT2D eigenvalue weighted by atomic mass is 9.81. The molecule has 0 spiro atoms. The van der Waals surface area contributed by atoms with Gasteiger partial charge < -0.3 is 10.2 Å². The zero-order chi connectivity index (χ0) is 12.3. The summed E-state index contributed by atoms with van der Waals surface area (Å²) in [5.74, 6) is -1.75. The van der Waals surface area contributed by atoms with Crippen molar-refractivity contribution >= 4 is 5.97 Å². The number of hydrogen-bond acceptors (Lipinski definition) is 2. The van der Waals surface area contributed by atoms with Gasteiger partial charge in [0.1, 0.15) is 5.60 Å². The van der Waals surface area contributed by atoms with E-state index in [0.29, 0.717) is 12.0 Å². The second-order valence-corrected chi connectivity index (χ2v) is 4.31. The molecule has 16 heavy (non-hydrogen) atoms. The van der Waals surface area contributed by atoms with Crippen LogP contribution in [0.2, 0.25) is 0 Å². The van der Waals surface area contributed by atoms with Crippen LogP contribution in [0.5, 0.6) is 0 Å². The van der Waals surface area contributed by atoms with Crippen LogP contribution in [-0.2, 0) is 10.4 Å². The number of benzene rings is 1. The Morgan fingerprint density at radius 1 is 1.38 bits per heavy atom. The molecule has 2 atom stereocenters. The van der Waals surface area contributed by atoms with E-state index in [1.807, 2.05) is 19.1 Å². The molecule has 0 radical (unpaired) electrons. The molecule has 0 saturated heterocycles. The fraction of sp³-hybridized carbons (Fsp3) is 0.462. The minimum absolute atomic E-state index is 0.399. The Morgan fingerprint density at radius 2 is 1.88 bits per heavy atom. The van der Waals surface area contributed by atoms with Gasteiger partial charge in [0, 0.05) is 0 Å². The van der Waals surface area contributed by atoms with Crippen molar-refractivity contribution in [1.29, 1.82) is 0 Å². The fourth-order valence-corrected chi connectivity index (χ4v) is 1.90. The fourth-order valence-electron chi connectivity index (χ4n) is 1.90. The SMILES string of the molecule is CCC(C(=O)O)C(C)(O)c1ccc(C)cc1. The Morgan fingerprint density at radius 3 is 2.25 bits per heavy atom. The largest absolute Gasteiger partial charge is 0.481 e. The summed E-state index contributed by atoms with van der Waals surface area (Å²) in [7, 11) is 0. The summed E-state index contributed by atoms with van der Waals surface area (Å²) in [6.45, 7) is 5.27. The second kappa shape index (κ2) is 4.66. The number of aliphatic carboxylic acids is 1. The molecular weight excluding hydrogens is 204 g/mol. The smallest absolute Gasteiger partial charge is 0.309 e. The highest BCUT2D eigenvalue weighted by Crippen LogP contribution is 2.31. The Bertz CT molecular complexity index is 365. The molecular formula is C13H18O3. The lowest BCUT2D eigenvalue weighted by Gasteiger charge is -2.29. The van der Waals surface area contributed by atoms with Crippen LogP contribution in [0.4, 0.5) is 0 Å². The lowest BCUT2D eigenvalue weighted by molar-refractivity contribution is -0.152. The van der Waals surface area contributed by atoms with Gasteiger partial charge in [-0.05, 0) is 25.8 Å². The maximum absolute atomic E-state index is 11.1. The van der Waals surface area contributed by atoms with Gasteiger partial charge in [0.25, 0.3) is 0 Å². The average molecular weight is 222 g/mol. The van der Waals surface area contributed by atoms with Crippen molar-refractivity contribution in [3.63, 3.8) is 0 Å². The summed E-state index contributed by atoms with van der Waals surface area (Å²) in [6.07, 6.45) is 0.399. The van der Waals surface area contributed by atoms with Crippen LogP contribution >= 0.6 is 0 Å². The first kappa shape index (κ1) is 12.7. The van der Waals surface area contributed by atoms with Crippen molar-refractivity contribution < 1.29 is 15.0 Å². The van der Waals surface area contributed by atoms with E-state index in [-0.39, 0.29) is 0 Å². The van der Waals surface area contributed by atoms with Crippen molar-refractivity contribution in [3.8, 4) is 0 Å². The van der Waals surface area contributed by atoms with Crippen LogP contribution in [0, 0.1) is 12.8 Å². The number of carbonyl (C=O) groups is 1. The first-order valence-corrected chi connectivity index (χ1v) is 5.42. The van der Waals surface area contributed by atoms with E-state index in [2.05, 4.69) is 0 Å². The van der Waals surface area contributed by atoms with Gasteiger partial charge in [-0.25, -0.2) is 0 Å². The van der Waals surface area contributed by atoms with Crippen molar-refractivity contribution in [2.75, 3.05) is 0 Å². The highest BCUT2D eigenvalue weighted by Gasteiger charge is 2.37. The number of carboxylic acid groups (broad SMARTS) is 1. The van der Waals surface area contributed by atoms with E-state index < -0.39 is 17.5 Å². The molecule has 1 aromatic carbocycles. The zero-order valence-corrected chi connectivity index (χ0v) is 9.90. The van der Waals surface area contributed by atoms with Gasteiger partial charge in [0.2, 0.25) is 0 Å². The molecule has 0 bridgehead atoms. The number of aliphatic hydroxyl groups is 1. The summed E-state index contributed by atoms with van der Waals surface area (Å²) >= 11 is 0. The second-order valence-electron chi connectivity index (χ2n) is 4.31. The number of aryl methyl sites for hydroxylation is 1. The summed E-state index contributed by atoms with van der Waals surface area (Å²) < 4.78 is 0. The molecule has 88 valence electrons. The van der Waals surface area contributed by atoms with Crippen molar-refractivity contribution in [2.24, 2.45) is 5.92 Å². The van der Waals surface area contributed by atoms with Gasteiger partial charge in [-0.2, -0.15) is 0 Å². The van der Waals surface area contributed by atoms with Gasteiger partial charge in [0.05, 0.1) is 5.92 Å². The quantitative estimate of drug-likeness (QED) is 0.822. The molecule has 1 rings (SSSR count). The molecule has 3 heteroatoms. The third-order valence-corrected chi connectivity index (χ3v) is 3.02. The molecule has 0 amide bonds. The van der Waals surface area contributed by atoms with E-state index in [1.165, 1.54) is 0 Å². The van der Waals surface area contributed by atoms with Crippen LogP contribution in [0.1, 0.15) is 31.4 Å². The molecule has 1 aromatic rings. The predicted octanol–water partition coefficient (Wildman–Crippen LogP) is 2.31. The molecule has 2 unspecified atom stereocenters. The van der Waals surface area contributed by atoms with Crippen molar-refractivity contribution in [1.82, 2.24) is 0 Å². The van der Waals surface area contributed by atoms with Gasteiger partial charge in [-0.15, -0.1) is 0 Å².